The average Bonchev–Trinajstić information content (AvgIpc) is 3.21. The van der Waals surface area contributed by atoms with Crippen LogP contribution in [0.1, 0.15) is 5.82 Å². The standard InChI is InChI=1S/C23H19ClN4O2S/c24-17-11-13-20(14-12-17)30-15-21-26-27-23(28(21)19-9-5-2-6-10-19)31-16-22(29)25-18-7-3-1-4-8-18/h1-14H,15-16H2,(H,25,29). The highest BCUT2D eigenvalue weighted by Gasteiger charge is 2.16. The molecule has 0 aliphatic heterocycles. The molecule has 0 unspecified atom stereocenters. The van der Waals surface area contributed by atoms with Crippen LogP contribution in [0.25, 0.3) is 5.69 Å². The molecule has 1 amide bonds. The fourth-order valence-electron chi connectivity index (χ4n) is 2.85. The molecule has 0 spiro atoms. The lowest BCUT2D eigenvalue weighted by molar-refractivity contribution is -0.113. The highest BCUT2D eigenvalue weighted by molar-refractivity contribution is 7.99. The molecule has 1 aromatic heterocycles. The number of para-hydroxylation sites is 2. The molecular formula is C23H19ClN4O2S. The van der Waals surface area contributed by atoms with E-state index in [-0.39, 0.29) is 18.3 Å². The molecule has 0 fully saturated rings. The molecule has 0 radical (unpaired) electrons. The van der Waals surface area contributed by atoms with Crippen LogP contribution in [0.3, 0.4) is 0 Å². The zero-order valence-corrected chi connectivity index (χ0v) is 18.0. The number of nitrogens with one attached hydrogen (secondary N) is 1. The van der Waals surface area contributed by atoms with Crippen molar-refractivity contribution in [2.24, 2.45) is 0 Å². The SMILES string of the molecule is O=C(CSc1nnc(COc2ccc(Cl)cc2)n1-c1ccccc1)Nc1ccccc1. The minimum atomic E-state index is -0.113. The van der Waals surface area contributed by atoms with Gasteiger partial charge in [-0.15, -0.1) is 10.2 Å². The average molecular weight is 451 g/mol. The van der Waals surface area contributed by atoms with Crippen molar-refractivity contribution in [1.29, 1.82) is 0 Å². The van der Waals surface area contributed by atoms with Crippen LogP contribution >= 0.6 is 23.4 Å². The zero-order valence-electron chi connectivity index (χ0n) is 16.4. The monoisotopic (exact) mass is 450 g/mol. The Morgan fingerprint density at radius 3 is 2.32 bits per heavy atom. The number of rotatable bonds is 8. The number of carbonyl (C=O) groups is 1. The molecule has 31 heavy (non-hydrogen) atoms. The van der Waals surface area contributed by atoms with Crippen LogP contribution in [0, 0.1) is 0 Å². The van der Waals surface area contributed by atoms with Gasteiger partial charge in [-0.1, -0.05) is 59.8 Å². The quantitative estimate of drug-likeness (QED) is 0.372. The van der Waals surface area contributed by atoms with E-state index in [2.05, 4.69) is 15.5 Å². The van der Waals surface area contributed by atoms with Crippen LogP contribution in [0.15, 0.2) is 90.1 Å². The van der Waals surface area contributed by atoms with E-state index in [1.54, 1.807) is 24.3 Å². The number of nitrogens with zero attached hydrogens (tertiary/aromatic N) is 3. The largest absolute Gasteiger partial charge is 0.486 e. The van der Waals surface area contributed by atoms with Crippen LogP contribution in [-0.2, 0) is 11.4 Å². The summed E-state index contributed by atoms with van der Waals surface area (Å²) in [5.41, 5.74) is 1.66. The zero-order chi connectivity index (χ0) is 21.5. The van der Waals surface area contributed by atoms with Crippen LogP contribution in [0.2, 0.25) is 5.02 Å². The van der Waals surface area contributed by atoms with Crippen molar-refractivity contribution in [2.75, 3.05) is 11.1 Å². The minimum Gasteiger partial charge on any atom is -0.486 e. The molecule has 4 aromatic rings. The van der Waals surface area contributed by atoms with Crippen molar-refractivity contribution in [3.8, 4) is 11.4 Å². The van der Waals surface area contributed by atoms with E-state index >= 15 is 0 Å². The summed E-state index contributed by atoms with van der Waals surface area (Å²) < 4.78 is 7.76. The molecule has 0 aliphatic rings. The van der Waals surface area contributed by atoms with E-state index in [0.29, 0.717) is 21.8 Å². The lowest BCUT2D eigenvalue weighted by Crippen LogP contribution is -2.14. The number of halogens is 1. The van der Waals surface area contributed by atoms with Crippen molar-refractivity contribution in [2.45, 2.75) is 11.8 Å². The Morgan fingerprint density at radius 1 is 0.935 bits per heavy atom. The van der Waals surface area contributed by atoms with Crippen LogP contribution < -0.4 is 10.1 Å². The Morgan fingerprint density at radius 2 is 1.61 bits per heavy atom. The molecule has 0 aliphatic carbocycles. The highest BCUT2D eigenvalue weighted by Crippen LogP contribution is 2.24. The van der Waals surface area contributed by atoms with E-state index in [1.165, 1.54) is 11.8 Å². The molecule has 6 nitrogen and oxygen atoms in total. The summed E-state index contributed by atoms with van der Waals surface area (Å²) in [7, 11) is 0. The summed E-state index contributed by atoms with van der Waals surface area (Å²) >= 11 is 7.25. The topological polar surface area (TPSA) is 69.0 Å². The van der Waals surface area contributed by atoms with Gasteiger partial charge in [0.1, 0.15) is 12.4 Å². The van der Waals surface area contributed by atoms with Gasteiger partial charge in [0.15, 0.2) is 11.0 Å². The molecule has 0 atom stereocenters. The van der Waals surface area contributed by atoms with Crippen LogP contribution in [0.4, 0.5) is 5.69 Å². The summed E-state index contributed by atoms with van der Waals surface area (Å²) in [6.07, 6.45) is 0. The lowest BCUT2D eigenvalue weighted by atomic mass is 10.3. The first-order chi connectivity index (χ1) is 15.2. The summed E-state index contributed by atoms with van der Waals surface area (Å²) in [5, 5.41) is 12.7. The number of ether oxygens (including phenoxy) is 1. The third-order valence-electron chi connectivity index (χ3n) is 4.29. The van der Waals surface area contributed by atoms with Crippen molar-refractivity contribution in [1.82, 2.24) is 14.8 Å². The van der Waals surface area contributed by atoms with Crippen molar-refractivity contribution in [3.05, 3.63) is 95.8 Å². The van der Waals surface area contributed by atoms with Gasteiger partial charge in [0.2, 0.25) is 5.91 Å². The molecule has 0 bridgehead atoms. The normalized spacial score (nSPS) is 10.6. The first-order valence-corrected chi connectivity index (χ1v) is 10.9. The molecular weight excluding hydrogens is 432 g/mol. The lowest BCUT2D eigenvalue weighted by Gasteiger charge is -2.11. The van der Waals surface area contributed by atoms with Crippen molar-refractivity contribution in [3.63, 3.8) is 0 Å². The fourth-order valence-corrected chi connectivity index (χ4v) is 3.75. The molecule has 0 saturated heterocycles. The molecule has 3 aromatic carbocycles. The molecule has 1 heterocycles. The third-order valence-corrected chi connectivity index (χ3v) is 5.47. The second-order valence-electron chi connectivity index (χ2n) is 6.52. The fraction of sp³-hybridized carbons (Fsp3) is 0.0870. The van der Waals surface area contributed by atoms with E-state index < -0.39 is 0 Å². The second kappa shape index (κ2) is 10.1. The van der Waals surface area contributed by atoms with Gasteiger partial charge >= 0.3 is 0 Å². The van der Waals surface area contributed by atoms with E-state index in [1.807, 2.05) is 65.2 Å². The number of thioether (sulfide) groups is 1. The first kappa shape index (κ1) is 21.0. The Kier molecular flexibility index (Phi) is 6.86. The van der Waals surface area contributed by atoms with Gasteiger partial charge in [0.05, 0.1) is 5.75 Å². The van der Waals surface area contributed by atoms with E-state index in [4.69, 9.17) is 16.3 Å². The van der Waals surface area contributed by atoms with Gasteiger partial charge < -0.3 is 10.1 Å². The van der Waals surface area contributed by atoms with Gasteiger partial charge in [-0.05, 0) is 48.5 Å². The Labute approximate surface area is 189 Å². The summed E-state index contributed by atoms with van der Waals surface area (Å²) in [4.78, 5) is 12.4. The van der Waals surface area contributed by atoms with E-state index in [9.17, 15) is 4.79 Å². The molecule has 1 N–H and O–H groups in total. The second-order valence-corrected chi connectivity index (χ2v) is 7.89. The number of anilines is 1. The molecule has 8 heteroatoms. The highest BCUT2D eigenvalue weighted by atomic mass is 35.5. The Hall–Kier alpha value is -3.29. The smallest absolute Gasteiger partial charge is 0.234 e. The van der Waals surface area contributed by atoms with Crippen LogP contribution in [0.5, 0.6) is 5.75 Å². The predicted molar refractivity (Wildman–Crippen MR) is 123 cm³/mol. The maximum absolute atomic E-state index is 12.4. The van der Waals surface area contributed by atoms with Gasteiger partial charge in [-0.25, -0.2) is 0 Å². The Bertz CT molecular complexity index is 1140. The maximum atomic E-state index is 12.4. The summed E-state index contributed by atoms with van der Waals surface area (Å²) in [5.74, 6) is 1.41. The number of benzene rings is 3. The molecule has 4 rings (SSSR count). The molecule has 156 valence electrons. The van der Waals surface area contributed by atoms with Gasteiger partial charge in [-0.2, -0.15) is 0 Å². The summed E-state index contributed by atoms with van der Waals surface area (Å²) in [6, 6.07) is 26.2. The van der Waals surface area contributed by atoms with Gasteiger partial charge in [-0.3, -0.25) is 9.36 Å². The third kappa shape index (κ3) is 5.65. The predicted octanol–water partition coefficient (Wildman–Crippen LogP) is 5.23. The minimum absolute atomic E-state index is 0.113. The number of carbonyl (C=O) groups excluding carboxylic acids is 1. The maximum Gasteiger partial charge on any atom is 0.234 e. The van der Waals surface area contributed by atoms with Gasteiger partial charge in [0.25, 0.3) is 0 Å². The number of amides is 1. The molecule has 0 saturated carbocycles. The Balaban J connectivity index is 1.49. The first-order valence-electron chi connectivity index (χ1n) is 9.55. The number of aromatic nitrogens is 3. The van der Waals surface area contributed by atoms with Crippen molar-refractivity contribution >= 4 is 35.0 Å². The summed E-state index contributed by atoms with van der Waals surface area (Å²) in [6.45, 7) is 0.223. The van der Waals surface area contributed by atoms with Crippen molar-refractivity contribution < 1.29 is 9.53 Å². The number of hydrogen-bond acceptors (Lipinski definition) is 5. The number of hydrogen-bond donors (Lipinski definition) is 1. The van der Waals surface area contributed by atoms with Gasteiger partial charge in [0, 0.05) is 16.4 Å². The van der Waals surface area contributed by atoms with Crippen LogP contribution in [-0.4, -0.2) is 26.4 Å². The van der Waals surface area contributed by atoms with E-state index in [0.717, 1.165) is 11.4 Å².